The first-order chi connectivity index (χ1) is 11.9. The van der Waals surface area contributed by atoms with Gasteiger partial charge in [-0.1, -0.05) is 0 Å². The van der Waals surface area contributed by atoms with Crippen LogP contribution in [0.4, 0.5) is 8.78 Å². The number of likely N-dealkylation sites (N-methyl/N-ethyl adjacent to an activating group) is 1. The van der Waals surface area contributed by atoms with Gasteiger partial charge < -0.3 is 14.5 Å². The Morgan fingerprint density at radius 3 is 2.16 bits per heavy atom. The minimum Gasteiger partial charge on any atom is -0.365 e. The second-order valence-corrected chi connectivity index (χ2v) is 8.10. The summed E-state index contributed by atoms with van der Waals surface area (Å²) in [5.74, 6) is -0.0641. The number of piperazine rings is 1. The Hall–Kier alpha value is -0.790. The van der Waals surface area contributed by atoms with Crippen molar-refractivity contribution in [2.45, 2.75) is 56.6 Å². The summed E-state index contributed by atoms with van der Waals surface area (Å²) in [7, 11) is 2.03. The fraction of sp³-hybridized carbons (Fsp3) is 0.944. The van der Waals surface area contributed by atoms with Gasteiger partial charge in [-0.05, 0) is 26.8 Å². The lowest BCUT2D eigenvalue weighted by molar-refractivity contribution is -0.153. The predicted octanol–water partition coefficient (Wildman–Crippen LogP) is 1.47. The topological polar surface area (TPSA) is 36.0 Å². The van der Waals surface area contributed by atoms with Crippen LogP contribution in [0.15, 0.2) is 0 Å². The molecule has 0 radical (unpaired) electrons. The van der Waals surface area contributed by atoms with Crippen molar-refractivity contribution >= 4 is 5.91 Å². The van der Waals surface area contributed by atoms with Crippen LogP contribution in [0.2, 0.25) is 0 Å². The van der Waals surface area contributed by atoms with Crippen LogP contribution >= 0.6 is 0 Å². The van der Waals surface area contributed by atoms with E-state index in [4.69, 9.17) is 4.74 Å². The molecule has 0 aromatic rings. The number of nitrogens with zero attached hydrogens (tertiary/aromatic N) is 3. The number of carbonyl (C=O) groups is 1. The van der Waals surface area contributed by atoms with Crippen molar-refractivity contribution in [3.63, 3.8) is 0 Å². The fourth-order valence-electron chi connectivity index (χ4n) is 4.37. The van der Waals surface area contributed by atoms with Gasteiger partial charge in [-0.2, -0.15) is 0 Å². The highest BCUT2D eigenvalue weighted by atomic mass is 19.1. The van der Waals surface area contributed by atoms with Crippen molar-refractivity contribution in [1.82, 2.24) is 14.7 Å². The van der Waals surface area contributed by atoms with Crippen molar-refractivity contribution in [1.29, 1.82) is 0 Å². The molecule has 0 aromatic carbocycles. The summed E-state index contributed by atoms with van der Waals surface area (Å²) in [5, 5.41) is 0. The summed E-state index contributed by atoms with van der Waals surface area (Å²) in [6, 6.07) is -0.681. The molecule has 3 unspecified atom stereocenters. The number of halogens is 2. The molecule has 144 valence electrons. The van der Waals surface area contributed by atoms with E-state index in [1.54, 1.807) is 11.8 Å². The molecule has 0 spiro atoms. The molecule has 0 bridgehead atoms. The van der Waals surface area contributed by atoms with Crippen LogP contribution in [0.3, 0.4) is 0 Å². The lowest BCUT2D eigenvalue weighted by atomic mass is 9.80. The van der Waals surface area contributed by atoms with Crippen molar-refractivity contribution in [2.75, 3.05) is 52.9 Å². The number of alkyl halides is 2. The second kappa shape index (κ2) is 7.84. The highest BCUT2D eigenvalue weighted by Gasteiger charge is 2.48. The van der Waals surface area contributed by atoms with Crippen LogP contribution in [-0.2, 0) is 9.53 Å². The van der Waals surface area contributed by atoms with E-state index in [9.17, 15) is 13.6 Å². The van der Waals surface area contributed by atoms with E-state index in [0.29, 0.717) is 13.1 Å². The van der Waals surface area contributed by atoms with Crippen LogP contribution in [0.1, 0.15) is 32.6 Å². The summed E-state index contributed by atoms with van der Waals surface area (Å²) in [6.45, 7) is 6.28. The van der Waals surface area contributed by atoms with Gasteiger partial charge in [-0.3, -0.25) is 9.69 Å². The number of ether oxygens (including phenoxy) is 1. The van der Waals surface area contributed by atoms with E-state index in [-0.39, 0.29) is 25.4 Å². The zero-order valence-corrected chi connectivity index (χ0v) is 15.4. The molecule has 7 heteroatoms. The predicted molar refractivity (Wildman–Crippen MR) is 92.1 cm³/mol. The molecule has 0 N–H and O–H groups in total. The van der Waals surface area contributed by atoms with E-state index >= 15 is 0 Å². The minimum atomic E-state index is -1.26. The molecule has 1 amide bonds. The number of hydrogen-bond acceptors (Lipinski definition) is 4. The summed E-state index contributed by atoms with van der Waals surface area (Å²) < 4.78 is 35.4. The van der Waals surface area contributed by atoms with Crippen molar-refractivity contribution < 1.29 is 18.3 Å². The molecule has 3 rings (SSSR count). The normalized spacial score (nSPS) is 38.2. The number of carbonyl (C=O) groups excluding carboxylic acids is 1. The quantitative estimate of drug-likeness (QED) is 0.762. The van der Waals surface area contributed by atoms with Crippen LogP contribution in [-0.4, -0.2) is 97.5 Å². The minimum absolute atomic E-state index is 0.0641. The molecule has 2 saturated heterocycles. The van der Waals surface area contributed by atoms with Crippen molar-refractivity contribution in [3.8, 4) is 0 Å². The molecule has 3 aliphatic rings. The van der Waals surface area contributed by atoms with Gasteiger partial charge in [-0.15, -0.1) is 0 Å². The Labute approximate surface area is 149 Å². The molecule has 2 aliphatic heterocycles. The first-order valence-corrected chi connectivity index (χ1v) is 9.50. The lowest BCUT2D eigenvalue weighted by Gasteiger charge is -2.47. The van der Waals surface area contributed by atoms with E-state index < -0.39 is 24.0 Å². The Morgan fingerprint density at radius 2 is 1.60 bits per heavy atom. The van der Waals surface area contributed by atoms with Crippen LogP contribution in [0.5, 0.6) is 0 Å². The smallest absolute Gasteiger partial charge is 0.248 e. The Kier molecular flexibility index (Phi) is 5.96. The van der Waals surface area contributed by atoms with Crippen LogP contribution in [0, 0.1) is 0 Å². The molecule has 4 atom stereocenters. The average Bonchev–Trinajstić information content (AvgIpc) is 3.08. The molecular weight excluding hydrogens is 328 g/mol. The zero-order valence-electron chi connectivity index (χ0n) is 15.4. The first kappa shape index (κ1) is 19.0. The van der Waals surface area contributed by atoms with Crippen LogP contribution < -0.4 is 0 Å². The van der Waals surface area contributed by atoms with Crippen LogP contribution in [0.25, 0.3) is 0 Å². The van der Waals surface area contributed by atoms with Gasteiger partial charge in [0.2, 0.25) is 5.91 Å². The third-order valence-electron chi connectivity index (χ3n) is 5.96. The monoisotopic (exact) mass is 359 g/mol. The van der Waals surface area contributed by atoms with Crippen molar-refractivity contribution in [3.05, 3.63) is 0 Å². The maximum absolute atomic E-state index is 14.8. The van der Waals surface area contributed by atoms with Gasteiger partial charge in [0.15, 0.2) is 0 Å². The molecule has 5 nitrogen and oxygen atoms in total. The average molecular weight is 359 g/mol. The molecule has 3 fully saturated rings. The highest BCUT2D eigenvalue weighted by Crippen LogP contribution is 2.37. The zero-order chi connectivity index (χ0) is 18.0. The number of hydrogen-bond donors (Lipinski definition) is 0. The third-order valence-corrected chi connectivity index (χ3v) is 5.96. The number of amides is 1. The van der Waals surface area contributed by atoms with Gasteiger partial charge in [-0.25, -0.2) is 8.78 Å². The molecule has 1 aliphatic carbocycles. The molecular formula is C18H31F2N3O2. The maximum atomic E-state index is 14.8. The molecule has 1 saturated carbocycles. The Bertz CT molecular complexity index is 453. The standard InChI is InChI=1S/C18H31F2N3O2/c1-18(25-13-16(24)22-5-3-4-6-22)11-14(19)17(15(20)12-18)23-9-7-21(2)8-10-23/h14-15,17H,3-13H2,1-2H3/t14-,15?,17?,18?/m0/s1. The van der Waals surface area contributed by atoms with E-state index in [0.717, 1.165) is 39.0 Å². The second-order valence-electron chi connectivity index (χ2n) is 8.10. The van der Waals surface area contributed by atoms with E-state index in [1.165, 1.54) is 0 Å². The van der Waals surface area contributed by atoms with E-state index in [1.807, 2.05) is 11.9 Å². The number of rotatable bonds is 4. The molecule has 2 heterocycles. The highest BCUT2D eigenvalue weighted by molar-refractivity contribution is 5.77. The Balaban J connectivity index is 1.53. The number of likely N-dealkylation sites (tertiary alicyclic amines) is 1. The summed E-state index contributed by atoms with van der Waals surface area (Å²) >= 11 is 0. The summed E-state index contributed by atoms with van der Waals surface area (Å²) in [4.78, 5) is 18.0. The van der Waals surface area contributed by atoms with Gasteiger partial charge in [0.05, 0.1) is 11.6 Å². The Morgan fingerprint density at radius 1 is 1.04 bits per heavy atom. The van der Waals surface area contributed by atoms with Gasteiger partial charge in [0.1, 0.15) is 19.0 Å². The molecule has 25 heavy (non-hydrogen) atoms. The van der Waals surface area contributed by atoms with Crippen molar-refractivity contribution in [2.24, 2.45) is 0 Å². The maximum Gasteiger partial charge on any atom is 0.248 e. The first-order valence-electron chi connectivity index (χ1n) is 9.50. The van der Waals surface area contributed by atoms with Gasteiger partial charge >= 0.3 is 0 Å². The van der Waals surface area contributed by atoms with Gasteiger partial charge in [0.25, 0.3) is 0 Å². The fourth-order valence-corrected chi connectivity index (χ4v) is 4.37. The SMILES string of the molecule is CN1CCN(C2C(F)CC(C)(OCC(=O)N3CCCC3)C[C@@H]2F)CC1. The van der Waals surface area contributed by atoms with Gasteiger partial charge in [0, 0.05) is 52.1 Å². The lowest BCUT2D eigenvalue weighted by Crippen LogP contribution is -2.60. The largest absolute Gasteiger partial charge is 0.365 e. The molecule has 0 aromatic heterocycles. The summed E-state index contributed by atoms with van der Waals surface area (Å²) in [6.07, 6.45) is -0.183. The third kappa shape index (κ3) is 4.49. The summed E-state index contributed by atoms with van der Waals surface area (Å²) in [5.41, 5.74) is -0.905. The van der Waals surface area contributed by atoms with E-state index in [2.05, 4.69) is 4.90 Å².